The zero-order valence-corrected chi connectivity index (χ0v) is 14.9. The van der Waals surface area contributed by atoms with Crippen molar-refractivity contribution in [3.05, 3.63) is 56.0 Å². The molecule has 0 aliphatic rings. The Morgan fingerprint density at radius 1 is 1.05 bits per heavy atom. The molecule has 0 amide bonds. The van der Waals surface area contributed by atoms with Gasteiger partial charge < -0.3 is 10.1 Å². The van der Waals surface area contributed by atoms with E-state index < -0.39 is 0 Å². The molecule has 20 heavy (non-hydrogen) atoms. The number of ether oxygens (including phenoxy) is 1. The minimum absolute atomic E-state index is 0.767. The SMILES string of the molecule is CNCc1cc(Br)ccc1Oc1cc(C)c(Br)c(C)c1. The molecule has 0 aliphatic heterocycles. The zero-order chi connectivity index (χ0) is 14.7. The van der Waals surface area contributed by atoms with Gasteiger partial charge >= 0.3 is 0 Å². The molecule has 2 aromatic carbocycles. The van der Waals surface area contributed by atoms with E-state index in [9.17, 15) is 0 Å². The van der Waals surface area contributed by atoms with Gasteiger partial charge in [0.1, 0.15) is 11.5 Å². The van der Waals surface area contributed by atoms with Crippen LogP contribution in [0.2, 0.25) is 0 Å². The average Bonchev–Trinajstić information content (AvgIpc) is 2.39. The maximum absolute atomic E-state index is 6.05. The van der Waals surface area contributed by atoms with Gasteiger partial charge in [0.25, 0.3) is 0 Å². The molecule has 0 unspecified atom stereocenters. The molecular formula is C16H17Br2NO. The van der Waals surface area contributed by atoms with Crippen molar-refractivity contribution in [1.29, 1.82) is 0 Å². The molecule has 106 valence electrons. The summed E-state index contributed by atoms with van der Waals surface area (Å²) in [7, 11) is 1.93. The fourth-order valence-corrected chi connectivity index (χ4v) is 2.71. The van der Waals surface area contributed by atoms with Crippen molar-refractivity contribution in [2.45, 2.75) is 20.4 Å². The normalized spacial score (nSPS) is 10.7. The largest absolute Gasteiger partial charge is 0.457 e. The Balaban J connectivity index is 2.34. The van der Waals surface area contributed by atoms with Crippen LogP contribution < -0.4 is 10.1 Å². The summed E-state index contributed by atoms with van der Waals surface area (Å²) in [5, 5.41) is 3.16. The van der Waals surface area contributed by atoms with Gasteiger partial charge in [0.05, 0.1) is 0 Å². The van der Waals surface area contributed by atoms with Gasteiger partial charge in [-0.3, -0.25) is 0 Å². The van der Waals surface area contributed by atoms with E-state index in [1.54, 1.807) is 0 Å². The number of rotatable bonds is 4. The van der Waals surface area contributed by atoms with Gasteiger partial charge in [0, 0.05) is 21.1 Å². The Morgan fingerprint density at radius 3 is 2.30 bits per heavy atom. The predicted octanol–water partition coefficient (Wildman–Crippen LogP) is 5.34. The van der Waals surface area contributed by atoms with Crippen LogP contribution >= 0.6 is 31.9 Å². The summed E-state index contributed by atoms with van der Waals surface area (Å²) in [6, 6.07) is 10.1. The van der Waals surface area contributed by atoms with Crippen LogP contribution in [0.15, 0.2) is 39.3 Å². The van der Waals surface area contributed by atoms with Crippen LogP contribution in [0.4, 0.5) is 0 Å². The molecule has 4 heteroatoms. The number of nitrogens with one attached hydrogen (secondary N) is 1. The molecule has 0 aromatic heterocycles. The highest BCUT2D eigenvalue weighted by Gasteiger charge is 2.08. The monoisotopic (exact) mass is 397 g/mol. The predicted molar refractivity (Wildman–Crippen MR) is 90.6 cm³/mol. The Hall–Kier alpha value is -0.840. The van der Waals surface area contributed by atoms with Crippen molar-refractivity contribution in [3.8, 4) is 11.5 Å². The van der Waals surface area contributed by atoms with Crippen LogP contribution in [-0.2, 0) is 6.54 Å². The highest BCUT2D eigenvalue weighted by molar-refractivity contribution is 9.10. The topological polar surface area (TPSA) is 21.3 Å². The average molecular weight is 399 g/mol. The molecule has 0 atom stereocenters. The van der Waals surface area contributed by atoms with Crippen molar-refractivity contribution in [3.63, 3.8) is 0 Å². The van der Waals surface area contributed by atoms with Crippen LogP contribution in [-0.4, -0.2) is 7.05 Å². The van der Waals surface area contributed by atoms with Crippen molar-refractivity contribution in [2.75, 3.05) is 7.05 Å². The van der Waals surface area contributed by atoms with Gasteiger partial charge in [0.15, 0.2) is 0 Å². The third-order valence-electron chi connectivity index (χ3n) is 3.03. The first kappa shape index (κ1) is 15.5. The first-order valence-electron chi connectivity index (χ1n) is 6.39. The maximum Gasteiger partial charge on any atom is 0.131 e. The van der Waals surface area contributed by atoms with Gasteiger partial charge in [-0.2, -0.15) is 0 Å². The molecule has 0 fully saturated rings. The van der Waals surface area contributed by atoms with E-state index in [0.29, 0.717) is 0 Å². The minimum Gasteiger partial charge on any atom is -0.457 e. The Kier molecular flexibility index (Phi) is 5.24. The lowest BCUT2D eigenvalue weighted by Gasteiger charge is -2.13. The fourth-order valence-electron chi connectivity index (χ4n) is 2.07. The van der Waals surface area contributed by atoms with Crippen LogP contribution in [0.1, 0.15) is 16.7 Å². The lowest BCUT2D eigenvalue weighted by atomic mass is 10.1. The second kappa shape index (κ2) is 6.74. The first-order valence-corrected chi connectivity index (χ1v) is 7.97. The summed E-state index contributed by atoms with van der Waals surface area (Å²) in [6.45, 7) is 4.91. The summed E-state index contributed by atoms with van der Waals surface area (Å²) >= 11 is 7.07. The molecule has 0 saturated heterocycles. The molecule has 2 nitrogen and oxygen atoms in total. The third-order valence-corrected chi connectivity index (χ3v) is 4.77. The van der Waals surface area contributed by atoms with E-state index in [-0.39, 0.29) is 0 Å². The second-order valence-electron chi connectivity index (χ2n) is 4.76. The highest BCUT2D eigenvalue weighted by Crippen LogP contribution is 2.32. The first-order chi connectivity index (χ1) is 9.51. The van der Waals surface area contributed by atoms with E-state index in [4.69, 9.17) is 4.74 Å². The smallest absolute Gasteiger partial charge is 0.131 e. The number of halogens is 2. The lowest BCUT2D eigenvalue weighted by Crippen LogP contribution is -2.06. The van der Waals surface area contributed by atoms with Crippen LogP contribution in [0.25, 0.3) is 0 Å². The van der Waals surface area contributed by atoms with Crippen molar-refractivity contribution >= 4 is 31.9 Å². The molecule has 0 heterocycles. The fraction of sp³-hybridized carbons (Fsp3) is 0.250. The van der Waals surface area contributed by atoms with Crippen LogP contribution in [0, 0.1) is 13.8 Å². The molecular weight excluding hydrogens is 382 g/mol. The van der Waals surface area contributed by atoms with Crippen LogP contribution in [0.3, 0.4) is 0 Å². The van der Waals surface area contributed by atoms with Crippen molar-refractivity contribution in [1.82, 2.24) is 5.32 Å². The number of aryl methyl sites for hydroxylation is 2. The Bertz CT molecular complexity index is 603. The van der Waals surface area contributed by atoms with E-state index in [0.717, 1.165) is 32.6 Å². The third kappa shape index (κ3) is 3.62. The van der Waals surface area contributed by atoms with Crippen LogP contribution in [0.5, 0.6) is 11.5 Å². The number of hydrogen-bond donors (Lipinski definition) is 1. The zero-order valence-electron chi connectivity index (χ0n) is 11.8. The molecule has 0 spiro atoms. The Morgan fingerprint density at radius 2 is 1.70 bits per heavy atom. The molecule has 2 rings (SSSR count). The lowest BCUT2D eigenvalue weighted by molar-refractivity contribution is 0.473. The highest BCUT2D eigenvalue weighted by atomic mass is 79.9. The number of hydrogen-bond acceptors (Lipinski definition) is 2. The summed E-state index contributed by atoms with van der Waals surface area (Å²) in [5.74, 6) is 1.74. The molecule has 2 aromatic rings. The van der Waals surface area contributed by atoms with Gasteiger partial charge in [-0.1, -0.05) is 31.9 Å². The standard InChI is InChI=1S/C16H17Br2NO/c1-10-6-14(7-11(2)16(10)18)20-15-5-4-13(17)8-12(15)9-19-3/h4-8,19H,9H2,1-3H3. The summed E-state index contributed by atoms with van der Waals surface area (Å²) in [4.78, 5) is 0. The van der Waals surface area contributed by atoms with E-state index >= 15 is 0 Å². The van der Waals surface area contributed by atoms with Crippen molar-refractivity contribution < 1.29 is 4.74 Å². The maximum atomic E-state index is 6.05. The van der Waals surface area contributed by atoms with Gasteiger partial charge in [-0.05, 0) is 62.4 Å². The summed E-state index contributed by atoms with van der Waals surface area (Å²) in [5.41, 5.74) is 3.47. The second-order valence-corrected chi connectivity index (χ2v) is 6.46. The van der Waals surface area contributed by atoms with Gasteiger partial charge in [0.2, 0.25) is 0 Å². The molecule has 1 N–H and O–H groups in total. The van der Waals surface area contributed by atoms with Gasteiger partial charge in [-0.25, -0.2) is 0 Å². The molecule has 0 saturated carbocycles. The van der Waals surface area contributed by atoms with E-state index in [1.807, 2.05) is 31.3 Å². The van der Waals surface area contributed by atoms with E-state index in [1.165, 1.54) is 11.1 Å². The van der Waals surface area contributed by atoms with Gasteiger partial charge in [-0.15, -0.1) is 0 Å². The van der Waals surface area contributed by atoms with E-state index in [2.05, 4.69) is 57.1 Å². The molecule has 0 bridgehead atoms. The summed E-state index contributed by atoms with van der Waals surface area (Å²) in [6.07, 6.45) is 0. The molecule has 0 aliphatic carbocycles. The number of benzene rings is 2. The Labute approximate surface area is 136 Å². The quantitative estimate of drug-likeness (QED) is 0.750. The minimum atomic E-state index is 0.767. The molecule has 0 radical (unpaired) electrons. The van der Waals surface area contributed by atoms with Crippen molar-refractivity contribution in [2.24, 2.45) is 0 Å². The summed E-state index contributed by atoms with van der Waals surface area (Å²) < 4.78 is 8.24.